The fraction of sp³-hybridized carbons (Fsp3) is 0.455. The third-order valence-electron chi connectivity index (χ3n) is 2.22. The van der Waals surface area contributed by atoms with Gasteiger partial charge in [-0.2, -0.15) is 17.2 Å². The van der Waals surface area contributed by atoms with Crippen LogP contribution in [0.3, 0.4) is 0 Å². The zero-order chi connectivity index (χ0) is 9.80. The van der Waals surface area contributed by atoms with Crippen LogP contribution in [0, 0.1) is 0 Å². The highest BCUT2D eigenvalue weighted by Gasteiger charge is 2.21. The van der Waals surface area contributed by atoms with Crippen LogP contribution in [0.2, 0.25) is 0 Å². The van der Waals surface area contributed by atoms with Crippen LogP contribution in [0.15, 0.2) is 24.3 Å². The van der Waals surface area contributed by atoms with Crippen LogP contribution in [0.25, 0.3) is 0 Å². The molecule has 1 aromatic carbocycles. The van der Waals surface area contributed by atoms with E-state index < -0.39 is 0 Å². The van der Waals surface area contributed by atoms with Gasteiger partial charge in [-0.25, -0.2) is 4.84 Å². The van der Waals surface area contributed by atoms with Crippen molar-refractivity contribution in [2.45, 2.75) is 23.8 Å². The van der Waals surface area contributed by atoms with Crippen molar-refractivity contribution in [3.8, 4) is 0 Å². The molecule has 0 amide bonds. The Hall–Kier alpha value is -0.510. The lowest BCUT2D eigenvalue weighted by molar-refractivity contribution is -0.830. The molecule has 0 radical (unpaired) electrons. The van der Waals surface area contributed by atoms with Crippen molar-refractivity contribution in [2.24, 2.45) is 0 Å². The van der Waals surface area contributed by atoms with Crippen LogP contribution in [0.4, 0.5) is 5.69 Å². The number of benzene rings is 1. The van der Waals surface area contributed by atoms with Crippen molar-refractivity contribution in [3.05, 3.63) is 29.8 Å². The monoisotopic (exact) mass is 210 g/mol. The Morgan fingerprint density at radius 1 is 1.50 bits per heavy atom. The van der Waals surface area contributed by atoms with E-state index in [4.69, 9.17) is 4.84 Å². The Bertz CT molecular complexity index is 299. The second-order valence-electron chi connectivity index (χ2n) is 3.61. The predicted octanol–water partition coefficient (Wildman–Crippen LogP) is 1.84. The molecule has 1 fully saturated rings. The minimum absolute atomic E-state index is 0.935. The minimum Gasteiger partial charge on any atom is -0.204 e. The summed E-state index contributed by atoms with van der Waals surface area (Å²) < 4.78 is 0. The SMILES string of the molecule is CO[NH2+]c1cccc(CSC2CC2)c1. The van der Waals surface area contributed by atoms with Crippen LogP contribution < -0.4 is 5.48 Å². The Kier molecular flexibility index (Phi) is 3.45. The third-order valence-corrected chi connectivity index (χ3v) is 3.66. The zero-order valence-electron chi connectivity index (χ0n) is 8.40. The Morgan fingerprint density at radius 3 is 3.07 bits per heavy atom. The summed E-state index contributed by atoms with van der Waals surface area (Å²) in [6, 6.07) is 8.53. The van der Waals surface area contributed by atoms with Gasteiger partial charge in [-0.3, -0.25) is 0 Å². The second-order valence-corrected chi connectivity index (χ2v) is 4.90. The molecule has 3 heteroatoms. The van der Waals surface area contributed by atoms with Gasteiger partial charge in [0.1, 0.15) is 0 Å². The summed E-state index contributed by atoms with van der Waals surface area (Å²) in [5.74, 6) is 1.13. The minimum atomic E-state index is 0.935. The van der Waals surface area contributed by atoms with E-state index in [1.165, 1.54) is 18.4 Å². The van der Waals surface area contributed by atoms with Crippen LogP contribution >= 0.6 is 11.8 Å². The lowest BCUT2D eigenvalue weighted by Gasteiger charge is -2.01. The molecule has 0 heterocycles. The molecule has 0 aliphatic heterocycles. The van der Waals surface area contributed by atoms with Gasteiger partial charge in [-0.05, 0) is 18.4 Å². The van der Waals surface area contributed by atoms with Gasteiger partial charge in [0.05, 0.1) is 7.11 Å². The van der Waals surface area contributed by atoms with Crippen LogP contribution in [0.1, 0.15) is 18.4 Å². The molecule has 1 saturated carbocycles. The molecule has 2 N–H and O–H groups in total. The van der Waals surface area contributed by atoms with Crippen LogP contribution in [0.5, 0.6) is 0 Å². The number of nitrogens with two attached hydrogens (primary N) is 1. The first-order valence-corrected chi connectivity index (χ1v) is 6.00. The highest BCUT2D eigenvalue weighted by atomic mass is 32.2. The van der Waals surface area contributed by atoms with Gasteiger partial charge in [0.15, 0.2) is 5.69 Å². The Balaban J connectivity index is 1.90. The van der Waals surface area contributed by atoms with E-state index in [9.17, 15) is 0 Å². The average molecular weight is 210 g/mol. The van der Waals surface area contributed by atoms with Crippen molar-refractivity contribution in [1.29, 1.82) is 0 Å². The first kappa shape index (κ1) is 10.0. The highest BCUT2D eigenvalue weighted by Crippen LogP contribution is 2.36. The highest BCUT2D eigenvalue weighted by molar-refractivity contribution is 7.99. The molecule has 0 spiro atoms. The van der Waals surface area contributed by atoms with Gasteiger partial charge in [0.2, 0.25) is 0 Å². The van der Waals surface area contributed by atoms with E-state index in [1.54, 1.807) is 12.6 Å². The summed E-state index contributed by atoms with van der Waals surface area (Å²) in [5.41, 5.74) is 4.33. The molecule has 1 aromatic rings. The van der Waals surface area contributed by atoms with Crippen molar-refractivity contribution in [2.75, 3.05) is 7.11 Å². The van der Waals surface area contributed by atoms with Gasteiger partial charge >= 0.3 is 0 Å². The van der Waals surface area contributed by atoms with Gasteiger partial charge < -0.3 is 0 Å². The maximum Gasteiger partial charge on any atom is 0.162 e. The van der Waals surface area contributed by atoms with Gasteiger partial charge in [-0.15, -0.1) is 0 Å². The van der Waals surface area contributed by atoms with E-state index in [2.05, 4.69) is 36.0 Å². The largest absolute Gasteiger partial charge is 0.204 e. The molecular formula is C11H16NOS+. The first-order chi connectivity index (χ1) is 6.88. The third kappa shape index (κ3) is 3.01. The van der Waals surface area contributed by atoms with E-state index in [1.807, 2.05) is 0 Å². The number of rotatable bonds is 5. The standard InChI is InChI=1S/C11H15NOS/c1-13-12-10-4-2-3-9(7-10)8-14-11-5-6-11/h2-4,7,11-12H,5-6,8H2,1H3/p+1. The second kappa shape index (κ2) is 4.82. The summed E-state index contributed by atoms with van der Waals surface area (Å²) in [5, 5.41) is 0.935. The maximum atomic E-state index is 4.99. The van der Waals surface area contributed by atoms with Crippen molar-refractivity contribution in [3.63, 3.8) is 0 Å². The van der Waals surface area contributed by atoms with Crippen molar-refractivity contribution < 1.29 is 10.3 Å². The summed E-state index contributed by atoms with van der Waals surface area (Å²) in [6.07, 6.45) is 2.82. The van der Waals surface area contributed by atoms with Gasteiger partial charge in [0, 0.05) is 23.1 Å². The smallest absolute Gasteiger partial charge is 0.162 e. The van der Waals surface area contributed by atoms with E-state index in [0.29, 0.717) is 0 Å². The number of thioether (sulfide) groups is 1. The lowest BCUT2D eigenvalue weighted by Crippen LogP contribution is -2.75. The van der Waals surface area contributed by atoms with Crippen molar-refractivity contribution >= 4 is 17.4 Å². The van der Waals surface area contributed by atoms with E-state index >= 15 is 0 Å². The van der Waals surface area contributed by atoms with Gasteiger partial charge in [-0.1, -0.05) is 12.1 Å². The molecule has 0 aromatic heterocycles. The average Bonchev–Trinajstić information content (AvgIpc) is 2.99. The number of hydrogen-bond acceptors (Lipinski definition) is 2. The fourth-order valence-corrected chi connectivity index (χ4v) is 2.42. The van der Waals surface area contributed by atoms with Crippen LogP contribution in [-0.2, 0) is 10.6 Å². The van der Waals surface area contributed by atoms with E-state index in [-0.39, 0.29) is 0 Å². The molecule has 14 heavy (non-hydrogen) atoms. The first-order valence-electron chi connectivity index (χ1n) is 4.95. The summed E-state index contributed by atoms with van der Waals surface area (Å²) in [7, 11) is 1.69. The molecule has 0 atom stereocenters. The topological polar surface area (TPSA) is 25.8 Å². The zero-order valence-corrected chi connectivity index (χ0v) is 9.22. The molecular weight excluding hydrogens is 194 g/mol. The quantitative estimate of drug-likeness (QED) is 0.593. The summed E-state index contributed by atoms with van der Waals surface area (Å²) in [4.78, 5) is 4.99. The predicted molar refractivity (Wildman–Crippen MR) is 59.4 cm³/mol. The lowest BCUT2D eigenvalue weighted by atomic mass is 10.2. The summed E-state index contributed by atoms with van der Waals surface area (Å²) in [6.45, 7) is 0. The molecule has 76 valence electrons. The van der Waals surface area contributed by atoms with Crippen LogP contribution in [-0.4, -0.2) is 12.4 Å². The Labute approximate surface area is 89.0 Å². The molecule has 0 bridgehead atoms. The van der Waals surface area contributed by atoms with E-state index in [0.717, 1.165) is 16.7 Å². The summed E-state index contributed by atoms with van der Waals surface area (Å²) >= 11 is 2.07. The van der Waals surface area contributed by atoms with Crippen molar-refractivity contribution in [1.82, 2.24) is 0 Å². The normalized spacial score (nSPS) is 15.8. The molecule has 2 nitrogen and oxygen atoms in total. The molecule has 0 saturated heterocycles. The molecule has 1 aliphatic rings. The molecule has 0 unspecified atom stereocenters. The number of hydrogen-bond donors (Lipinski definition) is 1. The Morgan fingerprint density at radius 2 is 2.36 bits per heavy atom. The van der Waals surface area contributed by atoms with Gasteiger partial charge in [0.25, 0.3) is 0 Å². The fourth-order valence-electron chi connectivity index (χ4n) is 1.34. The molecule has 2 rings (SSSR count). The maximum absolute atomic E-state index is 4.99. The molecule has 1 aliphatic carbocycles. The number of quaternary nitrogens is 1.